The van der Waals surface area contributed by atoms with Gasteiger partial charge in [0, 0.05) is 30.3 Å². The highest BCUT2D eigenvalue weighted by molar-refractivity contribution is 6.05. The van der Waals surface area contributed by atoms with Gasteiger partial charge in [0.1, 0.15) is 18.1 Å². The number of benzene rings is 1. The van der Waals surface area contributed by atoms with Gasteiger partial charge in [0.25, 0.3) is 5.91 Å². The summed E-state index contributed by atoms with van der Waals surface area (Å²) in [6, 6.07) is 9.39. The van der Waals surface area contributed by atoms with Crippen LogP contribution in [0.4, 0.5) is 5.69 Å². The fourth-order valence-electron chi connectivity index (χ4n) is 5.18. The van der Waals surface area contributed by atoms with Crippen molar-refractivity contribution in [1.29, 1.82) is 0 Å². The summed E-state index contributed by atoms with van der Waals surface area (Å²) < 4.78 is 8.20. The summed E-state index contributed by atoms with van der Waals surface area (Å²) in [7, 11) is 0. The van der Waals surface area contributed by atoms with E-state index in [0.29, 0.717) is 36.2 Å². The summed E-state index contributed by atoms with van der Waals surface area (Å²) in [4.78, 5) is 28.6. The zero-order valence-electron chi connectivity index (χ0n) is 20.4. The van der Waals surface area contributed by atoms with Crippen molar-refractivity contribution in [3.05, 3.63) is 48.4 Å². The average molecular weight is 476 g/mol. The molecule has 3 aromatic rings. The molecule has 1 saturated heterocycles. The number of anilines is 1. The van der Waals surface area contributed by atoms with Gasteiger partial charge in [-0.2, -0.15) is 5.10 Å². The number of amides is 2. The quantitative estimate of drug-likeness (QED) is 0.515. The van der Waals surface area contributed by atoms with Crippen molar-refractivity contribution in [2.24, 2.45) is 11.8 Å². The van der Waals surface area contributed by atoms with Crippen LogP contribution in [0.5, 0.6) is 5.75 Å². The standard InChI is InChI=1S/C27H33N5O3/c1-17(2)18-6-9-21(10-7-18)32-15-19-13-24(30-27(34)22-5-3-4-12-28-22)25(14-23(19)31-32)35-16-20-8-11-26(33)29-20/h3-5,12-15,17-18,20-21H,6-11,16H2,1-2H3,(H,29,33)(H,30,34)/t18-,20-,21-/m0/s1. The molecule has 5 rings (SSSR count). The number of hydrogen-bond donors (Lipinski definition) is 2. The third kappa shape index (κ3) is 5.31. The van der Waals surface area contributed by atoms with E-state index in [4.69, 9.17) is 9.84 Å². The molecule has 1 aromatic carbocycles. The number of ether oxygens (including phenoxy) is 1. The fraction of sp³-hybridized carbons (Fsp3) is 0.481. The molecule has 0 bridgehead atoms. The minimum atomic E-state index is -0.302. The first-order chi connectivity index (χ1) is 17.0. The molecule has 0 spiro atoms. The van der Waals surface area contributed by atoms with Crippen LogP contribution in [0.3, 0.4) is 0 Å². The van der Waals surface area contributed by atoms with Gasteiger partial charge in [0.15, 0.2) is 0 Å². The Hall–Kier alpha value is -3.42. The van der Waals surface area contributed by atoms with Gasteiger partial charge in [0.2, 0.25) is 5.91 Å². The molecule has 1 saturated carbocycles. The number of fused-ring (bicyclic) bond motifs is 1. The van der Waals surface area contributed by atoms with E-state index in [1.807, 2.05) is 12.1 Å². The van der Waals surface area contributed by atoms with Crippen LogP contribution in [0.15, 0.2) is 42.7 Å². The first-order valence-corrected chi connectivity index (χ1v) is 12.6. The lowest BCUT2D eigenvalue weighted by Gasteiger charge is -2.30. The molecular formula is C27H33N5O3. The van der Waals surface area contributed by atoms with Gasteiger partial charge < -0.3 is 15.4 Å². The summed E-state index contributed by atoms with van der Waals surface area (Å²) in [6.45, 7) is 4.96. The van der Waals surface area contributed by atoms with Crippen LogP contribution in [-0.2, 0) is 4.79 Å². The Morgan fingerprint density at radius 1 is 1.20 bits per heavy atom. The second-order valence-corrected chi connectivity index (χ2v) is 10.1. The smallest absolute Gasteiger partial charge is 0.274 e. The van der Waals surface area contributed by atoms with Crippen molar-refractivity contribution >= 4 is 28.4 Å². The van der Waals surface area contributed by atoms with Gasteiger partial charge >= 0.3 is 0 Å². The van der Waals surface area contributed by atoms with Crippen molar-refractivity contribution < 1.29 is 14.3 Å². The van der Waals surface area contributed by atoms with Crippen LogP contribution in [0, 0.1) is 11.8 Å². The molecule has 2 aromatic heterocycles. The Balaban J connectivity index is 1.39. The van der Waals surface area contributed by atoms with Gasteiger partial charge in [-0.05, 0) is 62.1 Å². The largest absolute Gasteiger partial charge is 0.489 e. The third-order valence-electron chi connectivity index (χ3n) is 7.35. The topological polar surface area (TPSA) is 98.1 Å². The Labute approximate surface area is 205 Å². The summed E-state index contributed by atoms with van der Waals surface area (Å²) in [5, 5.41) is 11.7. The molecule has 2 N–H and O–H groups in total. The Morgan fingerprint density at radius 2 is 2.03 bits per heavy atom. The molecule has 184 valence electrons. The van der Waals surface area contributed by atoms with E-state index < -0.39 is 0 Å². The zero-order valence-corrected chi connectivity index (χ0v) is 20.4. The highest BCUT2D eigenvalue weighted by Gasteiger charge is 2.26. The van der Waals surface area contributed by atoms with Crippen molar-refractivity contribution in [3.63, 3.8) is 0 Å². The second kappa shape index (κ2) is 10.1. The maximum Gasteiger partial charge on any atom is 0.274 e. The molecule has 2 amide bonds. The number of carbonyl (C=O) groups excluding carboxylic acids is 2. The number of pyridine rings is 1. The highest BCUT2D eigenvalue weighted by Crippen LogP contribution is 2.37. The second-order valence-electron chi connectivity index (χ2n) is 10.1. The normalized spacial score (nSPS) is 22.4. The minimum Gasteiger partial charge on any atom is -0.489 e. The van der Waals surface area contributed by atoms with Gasteiger partial charge in [-0.3, -0.25) is 19.3 Å². The lowest BCUT2D eigenvalue weighted by atomic mass is 9.80. The van der Waals surface area contributed by atoms with E-state index in [-0.39, 0.29) is 17.9 Å². The monoisotopic (exact) mass is 475 g/mol. The molecular weight excluding hydrogens is 442 g/mol. The summed E-state index contributed by atoms with van der Waals surface area (Å²) in [5.41, 5.74) is 1.73. The summed E-state index contributed by atoms with van der Waals surface area (Å²) in [6.07, 6.45) is 9.64. The van der Waals surface area contributed by atoms with Crippen LogP contribution in [0.1, 0.15) is 68.9 Å². The Kier molecular flexibility index (Phi) is 6.70. The number of carbonyl (C=O) groups is 2. The maximum absolute atomic E-state index is 12.8. The lowest BCUT2D eigenvalue weighted by molar-refractivity contribution is -0.119. The van der Waals surface area contributed by atoms with Crippen LogP contribution in [-0.4, -0.2) is 39.2 Å². The van der Waals surface area contributed by atoms with E-state index in [9.17, 15) is 9.59 Å². The van der Waals surface area contributed by atoms with E-state index in [0.717, 1.165) is 42.0 Å². The minimum absolute atomic E-state index is 0.0359. The van der Waals surface area contributed by atoms with E-state index >= 15 is 0 Å². The molecule has 2 fully saturated rings. The predicted molar refractivity (Wildman–Crippen MR) is 134 cm³/mol. The number of hydrogen-bond acceptors (Lipinski definition) is 5. The van der Waals surface area contributed by atoms with Crippen molar-refractivity contribution in [3.8, 4) is 5.75 Å². The molecule has 8 heteroatoms. The first-order valence-electron chi connectivity index (χ1n) is 12.6. The zero-order chi connectivity index (χ0) is 24.4. The maximum atomic E-state index is 12.8. The Bertz CT molecular complexity index is 1200. The van der Waals surface area contributed by atoms with Crippen LogP contribution < -0.4 is 15.4 Å². The van der Waals surface area contributed by atoms with Gasteiger partial charge in [-0.15, -0.1) is 0 Å². The van der Waals surface area contributed by atoms with E-state index in [1.165, 1.54) is 12.8 Å². The molecule has 1 aliphatic carbocycles. The van der Waals surface area contributed by atoms with E-state index in [1.54, 1.807) is 24.4 Å². The summed E-state index contributed by atoms with van der Waals surface area (Å²) in [5.74, 6) is 1.80. The van der Waals surface area contributed by atoms with E-state index in [2.05, 4.69) is 40.3 Å². The number of rotatable bonds is 7. The Morgan fingerprint density at radius 3 is 2.71 bits per heavy atom. The molecule has 0 unspecified atom stereocenters. The van der Waals surface area contributed by atoms with Crippen LogP contribution in [0.25, 0.3) is 10.9 Å². The summed E-state index contributed by atoms with van der Waals surface area (Å²) >= 11 is 0. The highest BCUT2D eigenvalue weighted by atomic mass is 16.5. The molecule has 35 heavy (non-hydrogen) atoms. The SMILES string of the molecule is CC(C)[C@H]1CC[C@H](n2cc3cc(NC(=O)c4ccccn4)c(OC[C@@H]4CCC(=O)N4)cc3n2)CC1. The predicted octanol–water partition coefficient (Wildman–Crippen LogP) is 4.73. The average Bonchev–Trinajstić information content (AvgIpc) is 3.48. The molecule has 2 aliphatic rings. The number of aromatic nitrogens is 3. The lowest BCUT2D eigenvalue weighted by Crippen LogP contribution is -2.31. The van der Waals surface area contributed by atoms with Crippen LogP contribution in [0.2, 0.25) is 0 Å². The van der Waals surface area contributed by atoms with Gasteiger partial charge in [-0.1, -0.05) is 19.9 Å². The molecule has 1 atom stereocenters. The third-order valence-corrected chi connectivity index (χ3v) is 7.35. The van der Waals surface area contributed by atoms with Gasteiger partial charge in [-0.25, -0.2) is 0 Å². The fourth-order valence-corrected chi connectivity index (χ4v) is 5.18. The van der Waals surface area contributed by atoms with Crippen molar-refractivity contribution in [2.45, 2.75) is 64.5 Å². The van der Waals surface area contributed by atoms with Crippen LogP contribution >= 0.6 is 0 Å². The van der Waals surface area contributed by atoms with Crippen molar-refractivity contribution in [2.75, 3.05) is 11.9 Å². The molecule has 0 radical (unpaired) electrons. The molecule has 8 nitrogen and oxygen atoms in total. The number of nitrogens with one attached hydrogen (secondary N) is 2. The van der Waals surface area contributed by atoms with Crippen molar-refractivity contribution in [1.82, 2.24) is 20.1 Å². The molecule has 1 aliphatic heterocycles. The van der Waals surface area contributed by atoms with Gasteiger partial charge in [0.05, 0.1) is 23.3 Å². The first kappa shape index (κ1) is 23.3. The molecule has 3 heterocycles. The number of nitrogens with zero attached hydrogens (tertiary/aromatic N) is 3.